The fourth-order valence-electron chi connectivity index (χ4n) is 3.37. The Bertz CT molecular complexity index is 847. The second-order valence-corrected chi connectivity index (χ2v) is 7.06. The number of hydrogen-bond donors (Lipinski definition) is 1. The number of aryl methyl sites for hydroxylation is 1. The first-order valence-electron chi connectivity index (χ1n) is 8.77. The number of halogens is 1. The molecule has 27 heavy (non-hydrogen) atoms. The summed E-state index contributed by atoms with van der Waals surface area (Å²) in [6.07, 6.45) is 0.0646. The molecular formula is C19H22ClN3O4. The van der Waals surface area contributed by atoms with E-state index in [4.69, 9.17) is 21.4 Å². The lowest BCUT2D eigenvalue weighted by atomic mass is 10.1. The predicted molar refractivity (Wildman–Crippen MR) is 100 cm³/mol. The normalized spacial score (nSPS) is 17.1. The Hall–Kier alpha value is -2.38. The summed E-state index contributed by atoms with van der Waals surface area (Å²) in [6, 6.07) is 6.90. The van der Waals surface area contributed by atoms with Crippen molar-refractivity contribution < 1.29 is 19.4 Å². The molecule has 1 unspecified atom stereocenters. The number of carboxylic acids is 1. The van der Waals surface area contributed by atoms with Gasteiger partial charge in [0.25, 0.3) is 0 Å². The van der Waals surface area contributed by atoms with Crippen molar-refractivity contribution in [1.82, 2.24) is 14.7 Å². The van der Waals surface area contributed by atoms with E-state index in [0.717, 1.165) is 22.6 Å². The van der Waals surface area contributed by atoms with Gasteiger partial charge in [-0.3, -0.25) is 9.59 Å². The van der Waals surface area contributed by atoms with Gasteiger partial charge < -0.3 is 14.7 Å². The molecule has 1 saturated heterocycles. The van der Waals surface area contributed by atoms with Crippen LogP contribution in [0, 0.1) is 13.8 Å². The van der Waals surface area contributed by atoms with Gasteiger partial charge in [0.2, 0.25) is 5.91 Å². The number of aromatic nitrogens is 2. The van der Waals surface area contributed by atoms with Crippen LogP contribution in [0.15, 0.2) is 24.3 Å². The van der Waals surface area contributed by atoms with Crippen LogP contribution in [0.25, 0.3) is 5.69 Å². The summed E-state index contributed by atoms with van der Waals surface area (Å²) >= 11 is 5.95. The number of hydrogen-bond acceptors (Lipinski definition) is 4. The maximum absolute atomic E-state index is 12.9. The fourth-order valence-corrected chi connectivity index (χ4v) is 3.50. The molecule has 0 radical (unpaired) electrons. The van der Waals surface area contributed by atoms with Crippen LogP contribution in [0.4, 0.5) is 0 Å². The van der Waals surface area contributed by atoms with E-state index in [1.165, 1.54) is 0 Å². The Balaban J connectivity index is 1.81. The maximum Gasteiger partial charge on any atom is 0.305 e. The molecule has 2 aromatic rings. The van der Waals surface area contributed by atoms with E-state index in [0.29, 0.717) is 18.2 Å². The zero-order valence-electron chi connectivity index (χ0n) is 15.3. The number of carbonyl (C=O) groups is 2. The van der Waals surface area contributed by atoms with Gasteiger partial charge in [0.1, 0.15) is 0 Å². The van der Waals surface area contributed by atoms with Gasteiger partial charge in [-0.2, -0.15) is 5.10 Å². The van der Waals surface area contributed by atoms with Crippen molar-refractivity contribution >= 4 is 23.5 Å². The topological polar surface area (TPSA) is 84.7 Å². The first-order valence-corrected chi connectivity index (χ1v) is 9.14. The fraction of sp³-hybridized carbons (Fsp3) is 0.421. The Morgan fingerprint density at radius 1 is 1.30 bits per heavy atom. The molecule has 0 spiro atoms. The lowest BCUT2D eigenvalue weighted by molar-refractivity contribution is -0.145. The number of rotatable bonds is 5. The van der Waals surface area contributed by atoms with Crippen molar-refractivity contribution in [3.8, 4) is 5.69 Å². The van der Waals surface area contributed by atoms with Gasteiger partial charge in [-0.15, -0.1) is 0 Å². The number of aliphatic carboxylic acids is 1. The largest absolute Gasteiger partial charge is 0.481 e. The minimum atomic E-state index is -0.939. The Morgan fingerprint density at radius 3 is 2.67 bits per heavy atom. The van der Waals surface area contributed by atoms with Crippen molar-refractivity contribution in [2.75, 3.05) is 19.8 Å². The smallest absolute Gasteiger partial charge is 0.305 e. The van der Waals surface area contributed by atoms with E-state index in [1.807, 2.05) is 26.0 Å². The Morgan fingerprint density at radius 2 is 2.00 bits per heavy atom. The summed E-state index contributed by atoms with van der Waals surface area (Å²) in [5, 5.41) is 14.3. The van der Waals surface area contributed by atoms with Crippen LogP contribution < -0.4 is 0 Å². The van der Waals surface area contributed by atoms with Crippen LogP contribution in [0.5, 0.6) is 0 Å². The van der Waals surface area contributed by atoms with E-state index < -0.39 is 12.0 Å². The average Bonchev–Trinajstić information content (AvgIpc) is 2.90. The third kappa shape index (κ3) is 4.31. The van der Waals surface area contributed by atoms with Crippen LogP contribution in [0.3, 0.4) is 0 Å². The van der Waals surface area contributed by atoms with Gasteiger partial charge in [0.05, 0.1) is 43.5 Å². The summed E-state index contributed by atoms with van der Waals surface area (Å²) in [4.78, 5) is 25.6. The highest BCUT2D eigenvalue weighted by molar-refractivity contribution is 6.30. The van der Waals surface area contributed by atoms with Crippen molar-refractivity contribution in [2.24, 2.45) is 0 Å². The third-order valence-electron chi connectivity index (χ3n) is 4.80. The van der Waals surface area contributed by atoms with Crippen LogP contribution in [0.1, 0.15) is 23.4 Å². The van der Waals surface area contributed by atoms with Crippen molar-refractivity contribution in [1.29, 1.82) is 0 Å². The highest BCUT2D eigenvalue weighted by Gasteiger charge is 2.30. The molecule has 2 heterocycles. The first kappa shape index (κ1) is 19.4. The van der Waals surface area contributed by atoms with E-state index >= 15 is 0 Å². The van der Waals surface area contributed by atoms with E-state index in [1.54, 1.807) is 21.7 Å². The number of amides is 1. The van der Waals surface area contributed by atoms with Crippen molar-refractivity contribution in [3.05, 3.63) is 46.2 Å². The molecular weight excluding hydrogens is 370 g/mol. The zero-order valence-corrected chi connectivity index (χ0v) is 16.1. The van der Waals surface area contributed by atoms with Gasteiger partial charge in [0.15, 0.2) is 0 Å². The van der Waals surface area contributed by atoms with Crippen molar-refractivity contribution in [2.45, 2.75) is 32.7 Å². The molecule has 7 nitrogen and oxygen atoms in total. The number of morpholine rings is 1. The summed E-state index contributed by atoms with van der Waals surface area (Å²) in [6.45, 7) is 4.87. The number of benzene rings is 1. The molecule has 1 aromatic carbocycles. The Kier molecular flexibility index (Phi) is 5.82. The number of nitrogens with zero attached hydrogens (tertiary/aromatic N) is 3. The summed E-state index contributed by atoms with van der Waals surface area (Å²) in [7, 11) is 0. The quantitative estimate of drug-likeness (QED) is 0.845. The second kappa shape index (κ2) is 8.10. The molecule has 1 atom stereocenters. The first-order chi connectivity index (χ1) is 12.9. The predicted octanol–water partition coefficient (Wildman–Crippen LogP) is 2.39. The molecule has 3 rings (SSSR count). The average molecular weight is 392 g/mol. The molecule has 0 bridgehead atoms. The van der Waals surface area contributed by atoms with Gasteiger partial charge in [-0.25, -0.2) is 4.68 Å². The lowest BCUT2D eigenvalue weighted by Crippen LogP contribution is -2.50. The monoisotopic (exact) mass is 391 g/mol. The molecule has 0 saturated carbocycles. The SMILES string of the molecule is Cc1nn(-c2ccc(Cl)cc2)c(C)c1CC(=O)N1CCOCC1CC(=O)O. The van der Waals surface area contributed by atoms with Crippen LogP contribution in [-0.2, 0) is 20.7 Å². The van der Waals surface area contributed by atoms with Gasteiger partial charge in [0, 0.05) is 22.8 Å². The van der Waals surface area contributed by atoms with Crippen molar-refractivity contribution in [3.63, 3.8) is 0 Å². The van der Waals surface area contributed by atoms with Crippen LogP contribution >= 0.6 is 11.6 Å². The second-order valence-electron chi connectivity index (χ2n) is 6.63. The number of ether oxygens (including phenoxy) is 1. The summed E-state index contributed by atoms with van der Waals surface area (Å²) in [5.74, 6) is -1.04. The number of carboxylic acid groups (broad SMARTS) is 1. The maximum atomic E-state index is 12.9. The third-order valence-corrected chi connectivity index (χ3v) is 5.05. The zero-order chi connectivity index (χ0) is 19.6. The van der Waals surface area contributed by atoms with E-state index in [9.17, 15) is 9.59 Å². The Labute approximate surface area is 162 Å². The molecule has 0 aliphatic carbocycles. The van der Waals surface area contributed by atoms with Gasteiger partial charge in [-0.1, -0.05) is 11.6 Å². The van der Waals surface area contributed by atoms with E-state index in [-0.39, 0.29) is 25.4 Å². The molecule has 1 fully saturated rings. The van der Waals surface area contributed by atoms with Crippen LogP contribution in [0.2, 0.25) is 5.02 Å². The van der Waals surface area contributed by atoms with E-state index in [2.05, 4.69) is 5.10 Å². The van der Waals surface area contributed by atoms with Gasteiger partial charge in [-0.05, 0) is 38.1 Å². The molecule has 1 aliphatic rings. The molecule has 1 aliphatic heterocycles. The molecule has 1 N–H and O–H groups in total. The molecule has 1 aromatic heterocycles. The summed E-state index contributed by atoms with van der Waals surface area (Å²) < 4.78 is 7.14. The molecule has 144 valence electrons. The number of carbonyl (C=O) groups excluding carboxylic acids is 1. The highest BCUT2D eigenvalue weighted by atomic mass is 35.5. The lowest BCUT2D eigenvalue weighted by Gasteiger charge is -2.35. The van der Waals surface area contributed by atoms with Gasteiger partial charge >= 0.3 is 5.97 Å². The minimum Gasteiger partial charge on any atom is -0.481 e. The van der Waals surface area contributed by atoms with Crippen LogP contribution in [-0.4, -0.2) is 57.5 Å². The summed E-state index contributed by atoms with van der Waals surface area (Å²) in [5.41, 5.74) is 3.38. The highest BCUT2D eigenvalue weighted by Crippen LogP contribution is 2.21. The minimum absolute atomic E-state index is 0.105. The standard InChI is InChI=1S/C19H22ClN3O4/c1-12-17(13(2)23(21-12)15-5-3-14(20)4-6-15)10-18(24)22-7-8-27-11-16(22)9-19(25)26/h3-6,16H,7-11H2,1-2H3,(H,25,26). The molecule has 8 heteroatoms. The molecule has 1 amide bonds.